The molecule has 0 unspecified atom stereocenters. The first-order chi connectivity index (χ1) is 8.15. The smallest absolute Gasteiger partial charge is 0.141 e. The van der Waals surface area contributed by atoms with Crippen molar-refractivity contribution in [3.8, 4) is 0 Å². The highest BCUT2D eigenvalue weighted by Crippen LogP contribution is 2.16. The summed E-state index contributed by atoms with van der Waals surface area (Å²) in [5.74, 6) is -0.381. The number of nitrogens with one attached hydrogen (secondary N) is 1. The van der Waals surface area contributed by atoms with E-state index in [1.165, 1.54) is 10.9 Å². The van der Waals surface area contributed by atoms with Gasteiger partial charge >= 0.3 is 0 Å². The van der Waals surface area contributed by atoms with E-state index in [1.807, 2.05) is 13.1 Å². The zero-order chi connectivity index (χ0) is 12.3. The first kappa shape index (κ1) is 12.5. The van der Waals surface area contributed by atoms with Gasteiger partial charge in [-0.2, -0.15) is 0 Å². The third-order valence-corrected chi connectivity index (χ3v) is 3.48. The van der Waals surface area contributed by atoms with Crippen LogP contribution in [0.15, 0.2) is 24.4 Å². The molecule has 0 aliphatic rings. The Balaban J connectivity index is 1.87. The molecule has 0 radical (unpaired) electrons. The lowest BCUT2D eigenvalue weighted by atomic mass is 10.2. The van der Waals surface area contributed by atoms with Gasteiger partial charge in [0, 0.05) is 24.2 Å². The second-order valence-corrected chi connectivity index (χ2v) is 5.42. The summed E-state index contributed by atoms with van der Waals surface area (Å²) in [5.41, 5.74) is 0.970. The molecule has 17 heavy (non-hydrogen) atoms. The van der Waals surface area contributed by atoms with E-state index in [9.17, 15) is 4.39 Å². The van der Waals surface area contributed by atoms with E-state index < -0.39 is 0 Å². The number of hydrogen-bond donors (Lipinski definition) is 1. The fourth-order valence-corrected chi connectivity index (χ4v) is 2.43. The van der Waals surface area contributed by atoms with E-state index in [1.54, 1.807) is 23.5 Å². The maximum Gasteiger partial charge on any atom is 0.141 e. The van der Waals surface area contributed by atoms with Gasteiger partial charge in [-0.1, -0.05) is 17.7 Å². The molecule has 2 aromatic rings. The molecule has 1 N–H and O–H groups in total. The summed E-state index contributed by atoms with van der Waals surface area (Å²) in [5, 5.41) is 4.49. The standard InChI is InChI=1S/C12H12ClFN2S/c1-8-16-7-10(17-8)6-15-5-9-2-3-12(14)11(13)4-9/h2-4,7,15H,5-6H2,1H3. The SMILES string of the molecule is Cc1ncc(CNCc2ccc(F)c(Cl)c2)s1. The molecular formula is C12H12ClFN2S. The van der Waals surface area contributed by atoms with E-state index in [-0.39, 0.29) is 10.8 Å². The Morgan fingerprint density at radius 1 is 1.41 bits per heavy atom. The summed E-state index contributed by atoms with van der Waals surface area (Å²) < 4.78 is 12.9. The van der Waals surface area contributed by atoms with Crippen LogP contribution < -0.4 is 5.32 Å². The van der Waals surface area contributed by atoms with Crippen LogP contribution in [0.5, 0.6) is 0 Å². The number of rotatable bonds is 4. The Morgan fingerprint density at radius 3 is 2.88 bits per heavy atom. The van der Waals surface area contributed by atoms with Crippen molar-refractivity contribution in [3.63, 3.8) is 0 Å². The quantitative estimate of drug-likeness (QED) is 0.919. The van der Waals surface area contributed by atoms with Gasteiger partial charge in [-0.05, 0) is 24.6 Å². The number of aryl methyl sites for hydroxylation is 1. The van der Waals surface area contributed by atoms with Crippen LogP contribution in [0, 0.1) is 12.7 Å². The zero-order valence-corrected chi connectivity index (χ0v) is 10.9. The molecule has 0 aliphatic carbocycles. The summed E-state index contributed by atoms with van der Waals surface area (Å²) in [4.78, 5) is 5.37. The number of halogens is 2. The topological polar surface area (TPSA) is 24.9 Å². The van der Waals surface area contributed by atoms with E-state index in [0.29, 0.717) is 6.54 Å². The van der Waals surface area contributed by atoms with Crippen LogP contribution in [-0.2, 0) is 13.1 Å². The Bertz CT molecular complexity index is 513. The van der Waals surface area contributed by atoms with Gasteiger partial charge in [0.15, 0.2) is 0 Å². The summed E-state index contributed by atoms with van der Waals surface area (Å²) in [6.07, 6.45) is 1.87. The Hall–Kier alpha value is -0.970. The van der Waals surface area contributed by atoms with Crippen molar-refractivity contribution >= 4 is 22.9 Å². The summed E-state index contributed by atoms with van der Waals surface area (Å²) in [6.45, 7) is 3.41. The van der Waals surface area contributed by atoms with E-state index >= 15 is 0 Å². The largest absolute Gasteiger partial charge is 0.308 e. The van der Waals surface area contributed by atoms with E-state index in [2.05, 4.69) is 10.3 Å². The molecule has 1 heterocycles. The van der Waals surface area contributed by atoms with Gasteiger partial charge < -0.3 is 5.32 Å². The van der Waals surface area contributed by atoms with Crippen molar-refractivity contribution in [3.05, 3.63) is 50.7 Å². The lowest BCUT2D eigenvalue weighted by molar-refractivity contribution is 0.625. The molecule has 2 rings (SSSR count). The molecule has 1 aromatic heterocycles. The van der Waals surface area contributed by atoms with Crippen LogP contribution in [0.4, 0.5) is 4.39 Å². The Kier molecular flexibility index (Phi) is 4.10. The molecule has 0 saturated heterocycles. The monoisotopic (exact) mass is 270 g/mol. The van der Waals surface area contributed by atoms with Gasteiger partial charge in [-0.25, -0.2) is 9.37 Å². The van der Waals surface area contributed by atoms with Gasteiger partial charge in [0.2, 0.25) is 0 Å². The first-order valence-corrected chi connectivity index (χ1v) is 6.40. The predicted octanol–water partition coefficient (Wildman–Crippen LogP) is 3.53. The molecule has 1 aromatic carbocycles. The summed E-state index contributed by atoms with van der Waals surface area (Å²) >= 11 is 7.37. The van der Waals surface area contributed by atoms with Crippen molar-refractivity contribution in [1.82, 2.24) is 10.3 Å². The Labute approximate surface area is 108 Å². The van der Waals surface area contributed by atoms with Crippen LogP contribution in [-0.4, -0.2) is 4.98 Å². The van der Waals surface area contributed by atoms with Crippen LogP contribution in [0.2, 0.25) is 5.02 Å². The molecule has 0 saturated carbocycles. The van der Waals surface area contributed by atoms with Gasteiger partial charge in [0.05, 0.1) is 10.0 Å². The highest BCUT2D eigenvalue weighted by molar-refractivity contribution is 7.11. The van der Waals surface area contributed by atoms with Crippen molar-refractivity contribution in [2.24, 2.45) is 0 Å². The van der Waals surface area contributed by atoms with Crippen LogP contribution in [0.25, 0.3) is 0 Å². The molecule has 90 valence electrons. The minimum atomic E-state index is -0.381. The zero-order valence-electron chi connectivity index (χ0n) is 9.34. The average Bonchev–Trinajstić information content (AvgIpc) is 2.70. The molecule has 0 fully saturated rings. The van der Waals surface area contributed by atoms with Gasteiger partial charge in [0.25, 0.3) is 0 Å². The minimum absolute atomic E-state index is 0.165. The number of aromatic nitrogens is 1. The Morgan fingerprint density at radius 2 is 2.24 bits per heavy atom. The number of hydrogen-bond acceptors (Lipinski definition) is 3. The van der Waals surface area contributed by atoms with Gasteiger partial charge in [0.1, 0.15) is 5.82 Å². The molecule has 2 nitrogen and oxygen atoms in total. The molecular weight excluding hydrogens is 259 g/mol. The van der Waals surface area contributed by atoms with Crippen molar-refractivity contribution in [2.75, 3.05) is 0 Å². The van der Waals surface area contributed by atoms with Crippen LogP contribution in [0.1, 0.15) is 15.4 Å². The van der Waals surface area contributed by atoms with Crippen LogP contribution in [0.3, 0.4) is 0 Å². The number of benzene rings is 1. The van der Waals surface area contributed by atoms with Gasteiger partial charge in [-0.15, -0.1) is 11.3 Å². The highest BCUT2D eigenvalue weighted by atomic mass is 35.5. The summed E-state index contributed by atoms with van der Waals surface area (Å²) in [7, 11) is 0. The second-order valence-electron chi connectivity index (χ2n) is 3.70. The lowest BCUT2D eigenvalue weighted by Crippen LogP contribution is -2.11. The maximum atomic E-state index is 12.9. The molecule has 0 atom stereocenters. The van der Waals surface area contributed by atoms with Gasteiger partial charge in [-0.3, -0.25) is 0 Å². The van der Waals surface area contributed by atoms with E-state index in [0.717, 1.165) is 17.1 Å². The first-order valence-electron chi connectivity index (χ1n) is 5.21. The van der Waals surface area contributed by atoms with E-state index in [4.69, 9.17) is 11.6 Å². The minimum Gasteiger partial charge on any atom is -0.308 e. The average molecular weight is 271 g/mol. The fourth-order valence-electron chi connectivity index (χ4n) is 1.47. The fraction of sp³-hybridized carbons (Fsp3) is 0.250. The summed E-state index contributed by atoms with van der Waals surface area (Å²) in [6, 6.07) is 4.75. The maximum absolute atomic E-state index is 12.9. The third-order valence-electron chi connectivity index (χ3n) is 2.28. The van der Waals surface area contributed by atoms with Crippen molar-refractivity contribution in [1.29, 1.82) is 0 Å². The molecule has 0 bridgehead atoms. The normalized spacial score (nSPS) is 10.8. The molecule has 0 spiro atoms. The lowest BCUT2D eigenvalue weighted by Gasteiger charge is -2.04. The molecule has 5 heteroatoms. The number of thiazole rings is 1. The second kappa shape index (κ2) is 5.58. The molecule has 0 aliphatic heterocycles. The molecule has 0 amide bonds. The highest BCUT2D eigenvalue weighted by Gasteiger charge is 2.01. The van der Waals surface area contributed by atoms with Crippen LogP contribution >= 0.6 is 22.9 Å². The van der Waals surface area contributed by atoms with Crippen molar-refractivity contribution in [2.45, 2.75) is 20.0 Å². The number of nitrogens with zero attached hydrogens (tertiary/aromatic N) is 1. The predicted molar refractivity (Wildman–Crippen MR) is 68.8 cm³/mol. The van der Waals surface area contributed by atoms with Crippen molar-refractivity contribution < 1.29 is 4.39 Å². The third kappa shape index (κ3) is 3.49.